The molecule has 2 aliphatic rings. The highest BCUT2D eigenvalue weighted by Gasteiger charge is 2.41. The number of nitrogens with zero attached hydrogens (tertiary/aromatic N) is 2. The Hall–Kier alpha value is -1.18. The Balaban J connectivity index is 1.85. The number of rotatable bonds is 2. The van der Waals surface area contributed by atoms with Crippen LogP contribution in [0.2, 0.25) is 0 Å². The number of benzene rings is 1. The van der Waals surface area contributed by atoms with Crippen LogP contribution in [0.4, 0.5) is 10.1 Å². The van der Waals surface area contributed by atoms with Crippen molar-refractivity contribution in [3.8, 4) is 0 Å². The highest BCUT2D eigenvalue weighted by Crippen LogP contribution is 2.28. The van der Waals surface area contributed by atoms with Gasteiger partial charge in [-0.25, -0.2) is 4.39 Å². The van der Waals surface area contributed by atoms with Crippen LogP contribution in [0.3, 0.4) is 0 Å². The molecular formula is C13H18FN3O2S. The first-order chi connectivity index (χ1) is 9.59. The van der Waals surface area contributed by atoms with Gasteiger partial charge < -0.3 is 5.32 Å². The zero-order valence-electron chi connectivity index (χ0n) is 11.1. The molecule has 20 heavy (non-hydrogen) atoms. The first kappa shape index (κ1) is 13.8. The van der Waals surface area contributed by atoms with Crippen LogP contribution in [0.5, 0.6) is 0 Å². The summed E-state index contributed by atoms with van der Waals surface area (Å²) in [5.41, 5.74) is 0.399. The van der Waals surface area contributed by atoms with Gasteiger partial charge in [0, 0.05) is 25.7 Å². The second-order valence-corrected chi connectivity index (χ2v) is 6.98. The Labute approximate surface area is 118 Å². The van der Waals surface area contributed by atoms with E-state index in [4.69, 9.17) is 0 Å². The first-order valence-corrected chi connectivity index (χ1v) is 8.24. The Morgan fingerprint density at radius 2 is 2.15 bits per heavy atom. The van der Waals surface area contributed by atoms with Crippen molar-refractivity contribution in [1.29, 1.82) is 0 Å². The van der Waals surface area contributed by atoms with Crippen LogP contribution in [0.1, 0.15) is 12.8 Å². The molecule has 1 atom stereocenters. The highest BCUT2D eigenvalue weighted by atomic mass is 32.2. The van der Waals surface area contributed by atoms with Gasteiger partial charge in [0.15, 0.2) is 0 Å². The number of anilines is 1. The Morgan fingerprint density at radius 1 is 1.30 bits per heavy atom. The molecule has 0 saturated carbocycles. The summed E-state index contributed by atoms with van der Waals surface area (Å²) >= 11 is 0. The molecule has 110 valence electrons. The first-order valence-electron chi connectivity index (χ1n) is 6.85. The lowest BCUT2D eigenvalue weighted by Gasteiger charge is -2.30. The molecule has 5 nitrogen and oxygen atoms in total. The molecule has 2 saturated heterocycles. The predicted octanol–water partition coefficient (Wildman–Crippen LogP) is 0.945. The van der Waals surface area contributed by atoms with Crippen molar-refractivity contribution in [3.05, 3.63) is 30.1 Å². The molecule has 0 aliphatic carbocycles. The molecular weight excluding hydrogens is 281 g/mol. The van der Waals surface area contributed by atoms with Crippen molar-refractivity contribution in [3.63, 3.8) is 0 Å². The standard InChI is InChI=1S/C13H18FN3O2S/c14-11-3-1-4-12(9-11)16-7-8-17(20(16,18)19)13-5-2-6-15-10-13/h1,3-4,9,13,15H,2,5-8,10H2. The summed E-state index contributed by atoms with van der Waals surface area (Å²) < 4.78 is 41.3. The van der Waals surface area contributed by atoms with Gasteiger partial charge in [-0.3, -0.25) is 4.31 Å². The predicted molar refractivity (Wildman–Crippen MR) is 75.3 cm³/mol. The fraction of sp³-hybridized carbons (Fsp3) is 0.538. The monoisotopic (exact) mass is 299 g/mol. The maximum absolute atomic E-state index is 13.3. The third-order valence-electron chi connectivity index (χ3n) is 3.87. The number of nitrogens with one attached hydrogen (secondary N) is 1. The van der Waals surface area contributed by atoms with Gasteiger partial charge in [0.1, 0.15) is 5.82 Å². The molecule has 2 aliphatic heterocycles. The van der Waals surface area contributed by atoms with Crippen LogP contribution in [0.25, 0.3) is 0 Å². The van der Waals surface area contributed by atoms with E-state index in [0.29, 0.717) is 25.3 Å². The van der Waals surface area contributed by atoms with E-state index in [9.17, 15) is 12.8 Å². The molecule has 7 heteroatoms. The van der Waals surface area contributed by atoms with E-state index in [1.807, 2.05) is 0 Å². The fourth-order valence-corrected chi connectivity index (χ4v) is 4.71. The minimum Gasteiger partial charge on any atom is -0.315 e. The van der Waals surface area contributed by atoms with E-state index in [0.717, 1.165) is 19.4 Å². The molecule has 0 spiro atoms. The summed E-state index contributed by atoms with van der Waals surface area (Å²) in [4.78, 5) is 0. The van der Waals surface area contributed by atoms with E-state index in [1.165, 1.54) is 22.5 Å². The summed E-state index contributed by atoms with van der Waals surface area (Å²) in [7, 11) is -3.54. The topological polar surface area (TPSA) is 52.7 Å². The third-order valence-corrected chi connectivity index (χ3v) is 5.90. The molecule has 1 unspecified atom stereocenters. The SMILES string of the molecule is O=S1(=O)N(c2cccc(F)c2)CCN1C1CCCNC1. The summed E-state index contributed by atoms with van der Waals surface area (Å²) in [6.07, 6.45) is 1.86. The summed E-state index contributed by atoms with van der Waals surface area (Å²) in [6.45, 7) is 2.47. The van der Waals surface area contributed by atoms with Crippen molar-refractivity contribution >= 4 is 15.9 Å². The highest BCUT2D eigenvalue weighted by molar-refractivity contribution is 7.90. The van der Waals surface area contributed by atoms with E-state index in [-0.39, 0.29) is 6.04 Å². The fourth-order valence-electron chi connectivity index (χ4n) is 2.89. The zero-order chi connectivity index (χ0) is 14.2. The van der Waals surface area contributed by atoms with Gasteiger partial charge in [-0.2, -0.15) is 12.7 Å². The smallest absolute Gasteiger partial charge is 0.304 e. The second kappa shape index (κ2) is 5.31. The van der Waals surface area contributed by atoms with E-state index in [2.05, 4.69) is 5.32 Å². The lowest BCUT2D eigenvalue weighted by molar-refractivity contribution is 0.284. The molecule has 0 amide bonds. The van der Waals surface area contributed by atoms with Crippen LogP contribution in [0.15, 0.2) is 24.3 Å². The van der Waals surface area contributed by atoms with E-state index < -0.39 is 16.0 Å². The maximum atomic E-state index is 13.3. The van der Waals surface area contributed by atoms with Crippen molar-refractivity contribution in [2.24, 2.45) is 0 Å². The Bertz CT molecular complexity index is 587. The van der Waals surface area contributed by atoms with Crippen LogP contribution in [-0.4, -0.2) is 44.9 Å². The van der Waals surface area contributed by atoms with Gasteiger partial charge in [0.05, 0.1) is 5.69 Å². The van der Waals surface area contributed by atoms with Crippen LogP contribution < -0.4 is 9.62 Å². The van der Waals surface area contributed by atoms with Crippen molar-refractivity contribution in [2.45, 2.75) is 18.9 Å². The number of hydrogen-bond acceptors (Lipinski definition) is 3. The summed E-state index contributed by atoms with van der Waals surface area (Å²) in [5.74, 6) is -0.421. The zero-order valence-corrected chi connectivity index (χ0v) is 11.9. The van der Waals surface area contributed by atoms with Gasteiger partial charge in [0.25, 0.3) is 0 Å². The molecule has 1 N–H and O–H groups in total. The van der Waals surface area contributed by atoms with Crippen LogP contribution in [-0.2, 0) is 10.2 Å². The Kier molecular flexibility index (Phi) is 3.66. The van der Waals surface area contributed by atoms with Crippen molar-refractivity contribution in [1.82, 2.24) is 9.62 Å². The molecule has 2 fully saturated rings. The maximum Gasteiger partial charge on any atom is 0.304 e. The van der Waals surface area contributed by atoms with Gasteiger partial charge in [-0.15, -0.1) is 0 Å². The molecule has 0 bridgehead atoms. The van der Waals surface area contributed by atoms with Crippen molar-refractivity contribution in [2.75, 3.05) is 30.5 Å². The minimum atomic E-state index is -3.54. The normalized spacial score (nSPS) is 26.9. The average molecular weight is 299 g/mol. The lowest BCUT2D eigenvalue weighted by Crippen LogP contribution is -2.48. The molecule has 1 aromatic rings. The van der Waals surface area contributed by atoms with Gasteiger partial charge in [0.2, 0.25) is 0 Å². The number of piperidine rings is 1. The van der Waals surface area contributed by atoms with Gasteiger partial charge in [-0.05, 0) is 37.6 Å². The minimum absolute atomic E-state index is 0.00677. The van der Waals surface area contributed by atoms with Gasteiger partial charge in [-0.1, -0.05) is 6.07 Å². The Morgan fingerprint density at radius 3 is 2.85 bits per heavy atom. The van der Waals surface area contributed by atoms with Gasteiger partial charge >= 0.3 is 10.2 Å². The van der Waals surface area contributed by atoms with E-state index in [1.54, 1.807) is 10.4 Å². The molecule has 0 aromatic heterocycles. The number of halogens is 1. The third kappa shape index (κ3) is 2.41. The summed E-state index contributed by atoms with van der Waals surface area (Å²) in [6, 6.07) is 5.75. The molecule has 0 radical (unpaired) electrons. The molecule has 2 heterocycles. The second-order valence-electron chi connectivity index (χ2n) is 5.17. The lowest BCUT2D eigenvalue weighted by atomic mass is 10.1. The average Bonchev–Trinajstić information content (AvgIpc) is 2.75. The molecule has 1 aromatic carbocycles. The van der Waals surface area contributed by atoms with Crippen molar-refractivity contribution < 1.29 is 12.8 Å². The molecule has 3 rings (SSSR count). The van der Waals surface area contributed by atoms with Crippen LogP contribution in [0, 0.1) is 5.82 Å². The number of hydrogen-bond donors (Lipinski definition) is 1. The summed E-state index contributed by atoms with van der Waals surface area (Å²) in [5, 5.41) is 3.23. The van der Waals surface area contributed by atoms with Crippen LogP contribution >= 0.6 is 0 Å². The quantitative estimate of drug-likeness (QED) is 0.884. The largest absolute Gasteiger partial charge is 0.315 e. The van der Waals surface area contributed by atoms with E-state index >= 15 is 0 Å².